The molecule has 2 N–H and O–H groups in total. The zero-order chi connectivity index (χ0) is 17.6. The number of rotatable bonds is 7. The van der Waals surface area contributed by atoms with Crippen LogP contribution in [-0.2, 0) is 14.3 Å². The van der Waals surface area contributed by atoms with Gasteiger partial charge in [0.25, 0.3) is 0 Å². The number of thioether (sulfide) groups is 1. The fraction of sp³-hybridized carbons (Fsp3) is 0.556. The van der Waals surface area contributed by atoms with Gasteiger partial charge in [0.05, 0.1) is 12.0 Å². The molecule has 1 amide bonds. The van der Waals surface area contributed by atoms with Crippen molar-refractivity contribution in [1.29, 1.82) is 0 Å². The summed E-state index contributed by atoms with van der Waals surface area (Å²) in [5.74, 6) is -0.301. The third-order valence-electron chi connectivity index (χ3n) is 4.42. The largest absolute Gasteiger partial charge is 0.481 e. The van der Waals surface area contributed by atoms with E-state index in [4.69, 9.17) is 9.84 Å². The molecule has 1 aromatic carbocycles. The molecule has 2 rings (SSSR count). The van der Waals surface area contributed by atoms with Gasteiger partial charge in [-0.2, -0.15) is 0 Å². The number of nitrogens with one attached hydrogen (secondary N) is 1. The van der Waals surface area contributed by atoms with Crippen molar-refractivity contribution in [2.24, 2.45) is 0 Å². The Hall–Kier alpha value is -1.53. The second-order valence-electron chi connectivity index (χ2n) is 6.36. The minimum Gasteiger partial charge on any atom is -0.481 e. The highest BCUT2D eigenvalue weighted by Crippen LogP contribution is 2.26. The van der Waals surface area contributed by atoms with Crippen LogP contribution in [0.2, 0.25) is 0 Å². The van der Waals surface area contributed by atoms with Crippen LogP contribution < -0.4 is 5.32 Å². The van der Waals surface area contributed by atoms with Crippen molar-refractivity contribution in [3.63, 3.8) is 0 Å². The molecule has 6 heteroatoms. The van der Waals surface area contributed by atoms with Crippen LogP contribution in [0, 0.1) is 13.8 Å². The quantitative estimate of drug-likeness (QED) is 0.739. The predicted octanol–water partition coefficient (Wildman–Crippen LogP) is 2.93. The highest BCUT2D eigenvalue weighted by atomic mass is 32.2. The topological polar surface area (TPSA) is 75.6 Å². The molecule has 5 nitrogen and oxygen atoms in total. The first-order chi connectivity index (χ1) is 11.4. The van der Waals surface area contributed by atoms with E-state index in [0.29, 0.717) is 38.2 Å². The number of aryl methyl sites for hydroxylation is 2. The van der Waals surface area contributed by atoms with E-state index in [9.17, 15) is 9.59 Å². The third kappa shape index (κ3) is 5.53. The highest BCUT2D eigenvalue weighted by Gasteiger charge is 2.36. The van der Waals surface area contributed by atoms with Gasteiger partial charge in [-0.05, 0) is 49.9 Å². The van der Waals surface area contributed by atoms with Crippen LogP contribution >= 0.6 is 11.8 Å². The summed E-state index contributed by atoms with van der Waals surface area (Å²) in [5, 5.41) is 12.1. The molecule has 1 aliphatic heterocycles. The Morgan fingerprint density at radius 3 is 2.58 bits per heavy atom. The summed E-state index contributed by atoms with van der Waals surface area (Å²) in [6.07, 6.45) is 1.43. The lowest BCUT2D eigenvalue weighted by molar-refractivity contribution is -0.140. The van der Waals surface area contributed by atoms with Crippen LogP contribution in [0.25, 0.3) is 0 Å². The number of carbonyl (C=O) groups is 2. The first-order valence-corrected chi connectivity index (χ1v) is 9.19. The Bertz CT molecular complexity index is 597. The van der Waals surface area contributed by atoms with Crippen molar-refractivity contribution < 1.29 is 19.4 Å². The van der Waals surface area contributed by atoms with Gasteiger partial charge in [-0.3, -0.25) is 9.59 Å². The van der Waals surface area contributed by atoms with Crippen LogP contribution in [0.15, 0.2) is 23.1 Å². The number of hydrogen-bond acceptors (Lipinski definition) is 4. The van der Waals surface area contributed by atoms with E-state index < -0.39 is 11.5 Å². The molecule has 0 unspecified atom stereocenters. The summed E-state index contributed by atoms with van der Waals surface area (Å²) >= 11 is 1.64. The smallest absolute Gasteiger partial charge is 0.305 e. The Labute approximate surface area is 147 Å². The van der Waals surface area contributed by atoms with E-state index in [1.165, 1.54) is 11.1 Å². The van der Waals surface area contributed by atoms with Crippen molar-refractivity contribution >= 4 is 23.6 Å². The number of aliphatic carboxylic acids is 1. The maximum atomic E-state index is 12.3. The molecule has 0 saturated carbocycles. The summed E-state index contributed by atoms with van der Waals surface area (Å²) < 4.78 is 5.30. The van der Waals surface area contributed by atoms with Gasteiger partial charge in [-0.15, -0.1) is 11.8 Å². The van der Waals surface area contributed by atoms with E-state index in [1.54, 1.807) is 11.8 Å². The zero-order valence-corrected chi connectivity index (χ0v) is 15.1. The Morgan fingerprint density at radius 1 is 1.25 bits per heavy atom. The maximum Gasteiger partial charge on any atom is 0.305 e. The van der Waals surface area contributed by atoms with Gasteiger partial charge in [-0.1, -0.05) is 6.07 Å². The molecule has 0 spiro atoms. The molecule has 1 fully saturated rings. The second kappa shape index (κ2) is 8.53. The lowest BCUT2D eigenvalue weighted by atomic mass is 9.86. The van der Waals surface area contributed by atoms with Gasteiger partial charge in [-0.25, -0.2) is 0 Å². The van der Waals surface area contributed by atoms with Crippen LogP contribution in [-0.4, -0.2) is 41.5 Å². The zero-order valence-electron chi connectivity index (χ0n) is 14.3. The van der Waals surface area contributed by atoms with E-state index in [2.05, 4.69) is 37.4 Å². The second-order valence-corrected chi connectivity index (χ2v) is 7.52. The number of carboxylic acid groups (broad SMARTS) is 1. The van der Waals surface area contributed by atoms with Gasteiger partial charge in [0.15, 0.2) is 0 Å². The van der Waals surface area contributed by atoms with Gasteiger partial charge in [0, 0.05) is 30.3 Å². The molecule has 1 aromatic rings. The molecule has 1 saturated heterocycles. The van der Waals surface area contributed by atoms with Crippen LogP contribution in [0.5, 0.6) is 0 Å². The number of hydrogen-bond donors (Lipinski definition) is 2. The summed E-state index contributed by atoms with van der Waals surface area (Å²) in [6, 6.07) is 6.28. The predicted molar refractivity (Wildman–Crippen MR) is 94.4 cm³/mol. The molecule has 24 heavy (non-hydrogen) atoms. The fourth-order valence-electron chi connectivity index (χ4n) is 2.82. The molecule has 1 heterocycles. The van der Waals surface area contributed by atoms with Crippen molar-refractivity contribution in [3.05, 3.63) is 29.3 Å². The van der Waals surface area contributed by atoms with Gasteiger partial charge >= 0.3 is 5.97 Å². The lowest BCUT2D eigenvalue weighted by Crippen LogP contribution is -2.53. The average Bonchev–Trinajstić information content (AvgIpc) is 2.50. The third-order valence-corrected chi connectivity index (χ3v) is 5.42. The number of amides is 1. The minimum absolute atomic E-state index is 0.0492. The Balaban J connectivity index is 1.84. The van der Waals surface area contributed by atoms with E-state index in [-0.39, 0.29) is 12.3 Å². The van der Waals surface area contributed by atoms with E-state index in [1.807, 2.05) is 0 Å². The molecule has 0 bridgehead atoms. The van der Waals surface area contributed by atoms with Gasteiger partial charge in [0.1, 0.15) is 0 Å². The standard InChI is InChI=1S/C18H25NO4S/c1-13-3-4-15(11-14(13)2)24-10-5-16(20)19-18(12-17(21)22)6-8-23-9-7-18/h3-4,11H,5-10,12H2,1-2H3,(H,19,20)(H,21,22). The summed E-state index contributed by atoms with van der Waals surface area (Å²) in [4.78, 5) is 24.5. The summed E-state index contributed by atoms with van der Waals surface area (Å²) in [5.41, 5.74) is 1.84. The first-order valence-electron chi connectivity index (χ1n) is 8.21. The Kier molecular flexibility index (Phi) is 6.69. The van der Waals surface area contributed by atoms with Crippen LogP contribution in [0.4, 0.5) is 0 Å². The van der Waals surface area contributed by atoms with Crippen molar-refractivity contribution in [2.45, 2.75) is 50.0 Å². The molecular formula is C18H25NO4S. The molecular weight excluding hydrogens is 326 g/mol. The normalized spacial score (nSPS) is 16.6. The average molecular weight is 351 g/mol. The van der Waals surface area contributed by atoms with Crippen LogP contribution in [0.3, 0.4) is 0 Å². The SMILES string of the molecule is Cc1ccc(SCCC(=O)NC2(CC(=O)O)CCOCC2)cc1C. The number of benzene rings is 1. The molecule has 0 aromatic heterocycles. The summed E-state index contributed by atoms with van der Waals surface area (Å²) in [6.45, 7) is 5.13. The Morgan fingerprint density at radius 2 is 1.96 bits per heavy atom. The number of carboxylic acids is 1. The number of ether oxygens (including phenoxy) is 1. The van der Waals surface area contributed by atoms with Gasteiger partial charge < -0.3 is 15.2 Å². The van der Waals surface area contributed by atoms with Crippen LogP contribution in [0.1, 0.15) is 36.8 Å². The maximum absolute atomic E-state index is 12.3. The molecule has 1 aliphatic rings. The molecule has 0 aliphatic carbocycles. The van der Waals surface area contributed by atoms with Gasteiger partial charge in [0.2, 0.25) is 5.91 Å². The van der Waals surface area contributed by atoms with Crippen molar-refractivity contribution in [3.8, 4) is 0 Å². The molecule has 132 valence electrons. The minimum atomic E-state index is -0.887. The first kappa shape index (κ1) is 18.8. The highest BCUT2D eigenvalue weighted by molar-refractivity contribution is 7.99. The number of carbonyl (C=O) groups excluding carboxylic acids is 1. The fourth-order valence-corrected chi connectivity index (χ4v) is 3.77. The summed E-state index contributed by atoms with van der Waals surface area (Å²) in [7, 11) is 0. The van der Waals surface area contributed by atoms with E-state index >= 15 is 0 Å². The molecule has 0 atom stereocenters. The van der Waals surface area contributed by atoms with E-state index in [0.717, 1.165) is 4.90 Å². The lowest BCUT2D eigenvalue weighted by Gasteiger charge is -2.36. The van der Waals surface area contributed by atoms with Crippen molar-refractivity contribution in [1.82, 2.24) is 5.32 Å². The monoisotopic (exact) mass is 351 g/mol. The van der Waals surface area contributed by atoms with Crippen molar-refractivity contribution in [2.75, 3.05) is 19.0 Å². The molecule has 0 radical (unpaired) electrons.